The molecule has 12 heavy (non-hydrogen) atoms. The van der Waals surface area contributed by atoms with Gasteiger partial charge in [-0.1, -0.05) is 6.92 Å². The summed E-state index contributed by atoms with van der Waals surface area (Å²) >= 11 is 0. The van der Waals surface area contributed by atoms with Gasteiger partial charge < -0.3 is 0 Å². The summed E-state index contributed by atoms with van der Waals surface area (Å²) in [7, 11) is -3.31. The Balaban J connectivity index is 2.77. The van der Waals surface area contributed by atoms with Gasteiger partial charge in [-0.15, -0.1) is 0 Å². The van der Waals surface area contributed by atoms with Gasteiger partial charge in [0.1, 0.15) is 0 Å². The number of hydrogen-bond acceptors (Lipinski definition) is 3. The zero-order valence-corrected chi connectivity index (χ0v) is 8.10. The number of rotatable bonds is 1. The first-order valence-corrected chi connectivity index (χ1v) is 5.76. The molecule has 0 spiro atoms. The zero-order valence-electron chi connectivity index (χ0n) is 7.28. The van der Waals surface area contributed by atoms with E-state index in [2.05, 4.69) is 0 Å². The molecule has 70 valence electrons. The van der Waals surface area contributed by atoms with Gasteiger partial charge in [0, 0.05) is 13.0 Å². The van der Waals surface area contributed by atoms with Gasteiger partial charge in [0.25, 0.3) is 0 Å². The quantitative estimate of drug-likeness (QED) is 0.595. The van der Waals surface area contributed by atoms with Crippen LogP contribution < -0.4 is 0 Å². The normalized spacial score (nSPS) is 26.0. The molecule has 1 aliphatic rings. The smallest absolute Gasteiger partial charge is 0.236 e. The highest BCUT2D eigenvalue weighted by molar-refractivity contribution is 7.88. The van der Waals surface area contributed by atoms with Crippen molar-refractivity contribution >= 4 is 15.9 Å². The molecule has 0 aromatic rings. The van der Waals surface area contributed by atoms with Crippen molar-refractivity contribution in [2.75, 3.05) is 12.8 Å². The monoisotopic (exact) mass is 191 g/mol. The summed E-state index contributed by atoms with van der Waals surface area (Å²) in [5.74, 6) is 0.0479. The van der Waals surface area contributed by atoms with E-state index in [1.165, 1.54) is 0 Å². The molecule has 0 saturated carbocycles. The van der Waals surface area contributed by atoms with Gasteiger partial charge in [-0.2, -0.15) is 0 Å². The number of sulfonamides is 1. The lowest BCUT2D eigenvalue weighted by Gasteiger charge is -2.27. The van der Waals surface area contributed by atoms with Crippen molar-refractivity contribution in [3.8, 4) is 0 Å². The van der Waals surface area contributed by atoms with E-state index < -0.39 is 10.0 Å². The van der Waals surface area contributed by atoms with Crippen molar-refractivity contribution in [2.24, 2.45) is 5.92 Å². The van der Waals surface area contributed by atoms with Crippen LogP contribution in [0.1, 0.15) is 19.8 Å². The van der Waals surface area contributed by atoms with Crippen molar-refractivity contribution < 1.29 is 13.2 Å². The van der Waals surface area contributed by atoms with Gasteiger partial charge in [-0.05, 0) is 12.3 Å². The number of carbonyl (C=O) groups is 1. The minimum Gasteiger partial charge on any atom is -0.274 e. The largest absolute Gasteiger partial charge is 0.274 e. The molecule has 5 heteroatoms. The SMILES string of the molecule is CC1CCN(S(C)(=O)=O)C(=O)C1. The molecule has 1 amide bonds. The molecule has 0 radical (unpaired) electrons. The van der Waals surface area contributed by atoms with E-state index in [0.717, 1.165) is 17.0 Å². The van der Waals surface area contributed by atoms with Crippen LogP contribution in [0.5, 0.6) is 0 Å². The number of piperidine rings is 1. The first-order chi connectivity index (χ1) is 5.41. The highest BCUT2D eigenvalue weighted by Crippen LogP contribution is 2.19. The second-order valence-corrected chi connectivity index (χ2v) is 5.23. The molecule has 0 aliphatic carbocycles. The predicted octanol–water partition coefficient (Wildman–Crippen LogP) is 0.205. The van der Waals surface area contributed by atoms with Crippen molar-refractivity contribution in [1.29, 1.82) is 0 Å². The molecule has 1 atom stereocenters. The molecule has 0 aromatic carbocycles. The van der Waals surface area contributed by atoms with Crippen LogP contribution in [0.4, 0.5) is 0 Å². The van der Waals surface area contributed by atoms with E-state index in [1.807, 2.05) is 6.92 Å². The maximum atomic E-state index is 11.2. The number of nitrogens with zero attached hydrogens (tertiary/aromatic N) is 1. The van der Waals surface area contributed by atoms with E-state index in [1.54, 1.807) is 0 Å². The fourth-order valence-electron chi connectivity index (χ4n) is 1.32. The second-order valence-electron chi connectivity index (χ2n) is 3.33. The lowest BCUT2D eigenvalue weighted by Crippen LogP contribution is -2.41. The Kier molecular flexibility index (Phi) is 2.41. The molecular formula is C7H13NO3S. The molecule has 1 unspecified atom stereocenters. The topological polar surface area (TPSA) is 54.5 Å². The summed E-state index contributed by atoms with van der Waals surface area (Å²) in [6, 6.07) is 0. The Morgan fingerprint density at radius 1 is 1.50 bits per heavy atom. The van der Waals surface area contributed by atoms with Crippen LogP contribution in [-0.2, 0) is 14.8 Å². The Hall–Kier alpha value is -0.580. The van der Waals surface area contributed by atoms with Crippen molar-refractivity contribution in [2.45, 2.75) is 19.8 Å². The Morgan fingerprint density at radius 3 is 2.50 bits per heavy atom. The maximum absolute atomic E-state index is 11.2. The van der Waals surface area contributed by atoms with Gasteiger partial charge in [0.05, 0.1) is 6.26 Å². The standard InChI is InChI=1S/C7H13NO3S/c1-6-3-4-8(7(9)5-6)12(2,10)11/h6H,3-5H2,1-2H3. The average molecular weight is 191 g/mol. The van der Waals surface area contributed by atoms with Crippen LogP contribution in [0.3, 0.4) is 0 Å². The van der Waals surface area contributed by atoms with E-state index in [0.29, 0.717) is 18.9 Å². The van der Waals surface area contributed by atoms with Crippen LogP contribution in [-0.4, -0.2) is 31.4 Å². The predicted molar refractivity (Wildman–Crippen MR) is 45.0 cm³/mol. The van der Waals surface area contributed by atoms with Crippen LogP contribution >= 0.6 is 0 Å². The molecule has 0 aromatic heterocycles. The third kappa shape index (κ3) is 1.97. The van der Waals surface area contributed by atoms with Crippen molar-refractivity contribution in [3.05, 3.63) is 0 Å². The van der Waals surface area contributed by atoms with E-state index in [4.69, 9.17) is 0 Å². The number of hydrogen-bond donors (Lipinski definition) is 0. The van der Waals surface area contributed by atoms with Crippen molar-refractivity contribution in [1.82, 2.24) is 4.31 Å². The number of carbonyl (C=O) groups excluding carboxylic acids is 1. The average Bonchev–Trinajstić information content (AvgIpc) is 1.83. The fourth-order valence-corrected chi connectivity index (χ4v) is 2.20. The maximum Gasteiger partial charge on any atom is 0.236 e. The summed E-state index contributed by atoms with van der Waals surface area (Å²) in [6.07, 6.45) is 2.20. The first-order valence-electron chi connectivity index (χ1n) is 3.92. The molecule has 1 heterocycles. The zero-order chi connectivity index (χ0) is 9.35. The van der Waals surface area contributed by atoms with Crippen LogP contribution in [0.2, 0.25) is 0 Å². The summed E-state index contributed by atoms with van der Waals surface area (Å²) in [5.41, 5.74) is 0. The molecule has 1 saturated heterocycles. The molecule has 0 N–H and O–H groups in total. The molecule has 1 aliphatic heterocycles. The van der Waals surface area contributed by atoms with Crippen LogP contribution in [0, 0.1) is 5.92 Å². The summed E-state index contributed by atoms with van der Waals surface area (Å²) in [4.78, 5) is 11.2. The minimum atomic E-state index is -3.31. The molecular weight excluding hydrogens is 178 g/mol. The van der Waals surface area contributed by atoms with Gasteiger partial charge in [0.2, 0.25) is 15.9 Å². The molecule has 0 bridgehead atoms. The third-order valence-corrected chi connectivity index (χ3v) is 3.21. The number of amides is 1. The molecule has 4 nitrogen and oxygen atoms in total. The minimum absolute atomic E-state index is 0.267. The van der Waals surface area contributed by atoms with E-state index in [9.17, 15) is 13.2 Å². The lowest BCUT2D eigenvalue weighted by atomic mass is 10.0. The van der Waals surface area contributed by atoms with Gasteiger partial charge in [0.15, 0.2) is 0 Å². The Morgan fingerprint density at radius 2 is 2.08 bits per heavy atom. The summed E-state index contributed by atoms with van der Waals surface area (Å²) in [6.45, 7) is 2.30. The second kappa shape index (κ2) is 3.05. The third-order valence-electron chi connectivity index (χ3n) is 2.03. The van der Waals surface area contributed by atoms with E-state index in [-0.39, 0.29) is 5.91 Å². The summed E-state index contributed by atoms with van der Waals surface area (Å²) < 4.78 is 23.0. The van der Waals surface area contributed by atoms with Crippen LogP contribution in [0.15, 0.2) is 0 Å². The Bertz CT molecular complexity index is 283. The fraction of sp³-hybridized carbons (Fsp3) is 0.857. The van der Waals surface area contributed by atoms with Gasteiger partial charge >= 0.3 is 0 Å². The first kappa shape index (κ1) is 9.51. The highest BCUT2D eigenvalue weighted by Gasteiger charge is 2.28. The Labute approximate surface area is 72.6 Å². The summed E-state index contributed by atoms with van der Waals surface area (Å²) in [5, 5.41) is 0. The van der Waals surface area contributed by atoms with Gasteiger partial charge in [-0.3, -0.25) is 4.79 Å². The van der Waals surface area contributed by atoms with Crippen LogP contribution in [0.25, 0.3) is 0 Å². The molecule has 1 fully saturated rings. The van der Waals surface area contributed by atoms with Gasteiger partial charge in [-0.25, -0.2) is 12.7 Å². The lowest BCUT2D eigenvalue weighted by molar-refractivity contribution is -0.129. The van der Waals surface area contributed by atoms with Crippen molar-refractivity contribution in [3.63, 3.8) is 0 Å². The van der Waals surface area contributed by atoms with E-state index >= 15 is 0 Å². The molecule has 1 rings (SSSR count). The highest BCUT2D eigenvalue weighted by atomic mass is 32.2.